The van der Waals surface area contributed by atoms with Crippen LogP contribution in [0.3, 0.4) is 0 Å². The molecule has 0 bridgehead atoms. The molecule has 0 atom stereocenters. The van der Waals surface area contributed by atoms with Gasteiger partial charge in [0.1, 0.15) is 12.2 Å². The first-order valence-electron chi connectivity index (χ1n) is 16.8. The van der Waals surface area contributed by atoms with Crippen LogP contribution in [0, 0.1) is 0 Å². The average molecular weight is 743 g/mol. The van der Waals surface area contributed by atoms with Crippen LogP contribution in [0.4, 0.5) is 0 Å². The Morgan fingerprint density at radius 3 is 1.48 bits per heavy atom. The summed E-state index contributed by atoms with van der Waals surface area (Å²) in [4.78, 5) is 0. The van der Waals surface area contributed by atoms with Crippen LogP contribution in [0.5, 0.6) is 23.0 Å². The number of benzene rings is 2. The van der Waals surface area contributed by atoms with E-state index in [2.05, 4.69) is 31.9 Å². The van der Waals surface area contributed by atoms with Crippen molar-refractivity contribution in [1.29, 1.82) is 0 Å². The van der Waals surface area contributed by atoms with Gasteiger partial charge in [-0.25, -0.2) is 0 Å². The second kappa shape index (κ2) is 23.9. The Bertz CT molecular complexity index is 973. The van der Waals surface area contributed by atoms with Crippen LogP contribution < -0.4 is 14.2 Å². The van der Waals surface area contributed by atoms with E-state index in [0.29, 0.717) is 63.5 Å². The number of rotatable bonds is 16. The Morgan fingerprint density at radius 1 is 0.477 bits per heavy atom. The standard InChI is InChI=1S/C36H54Br2O6/c37-23-15-7-3-1-5-13-21-36(22-14-6-2-4-8-16-24-38)31-41-28-27-39-25-26-40-29-30-42-32-17-9-10-18-33(32)43-34-19-11-12-20-35(34)44-36/h9-12,17-20H,1-8,13-16,21-31H2. The summed E-state index contributed by atoms with van der Waals surface area (Å²) in [6, 6.07) is 15.8. The Kier molecular flexibility index (Phi) is 20.2. The molecule has 0 N–H and O–H groups in total. The zero-order valence-electron chi connectivity index (χ0n) is 26.6. The summed E-state index contributed by atoms with van der Waals surface area (Å²) in [5.74, 6) is 2.75. The number of fused-ring (bicyclic) bond motifs is 2. The smallest absolute Gasteiger partial charge is 0.169 e. The first-order valence-corrected chi connectivity index (χ1v) is 19.0. The van der Waals surface area contributed by atoms with Crippen molar-refractivity contribution in [1.82, 2.24) is 0 Å². The highest BCUT2D eigenvalue weighted by Crippen LogP contribution is 2.39. The summed E-state index contributed by atoms with van der Waals surface area (Å²) in [6.07, 6.45) is 16.6. The summed E-state index contributed by atoms with van der Waals surface area (Å²) in [5.41, 5.74) is -0.449. The van der Waals surface area contributed by atoms with E-state index in [4.69, 9.17) is 28.4 Å². The van der Waals surface area contributed by atoms with Gasteiger partial charge >= 0.3 is 0 Å². The van der Waals surface area contributed by atoms with Gasteiger partial charge in [0.2, 0.25) is 0 Å². The molecule has 0 aromatic heterocycles. The second-order valence-electron chi connectivity index (χ2n) is 11.5. The van der Waals surface area contributed by atoms with Crippen molar-refractivity contribution in [3.05, 3.63) is 48.5 Å². The van der Waals surface area contributed by atoms with Crippen molar-refractivity contribution in [2.75, 3.05) is 56.9 Å². The molecule has 0 saturated heterocycles. The molecule has 0 amide bonds. The Labute approximate surface area is 283 Å². The van der Waals surface area contributed by atoms with Crippen molar-refractivity contribution in [3.63, 3.8) is 0 Å². The fraction of sp³-hybridized carbons (Fsp3) is 0.667. The van der Waals surface area contributed by atoms with Gasteiger partial charge in [0.25, 0.3) is 0 Å². The van der Waals surface area contributed by atoms with Crippen LogP contribution in [0.2, 0.25) is 0 Å². The van der Waals surface area contributed by atoms with Gasteiger partial charge in [0, 0.05) is 10.7 Å². The third-order valence-corrected chi connectivity index (χ3v) is 8.99. The fourth-order valence-corrected chi connectivity index (χ4v) is 6.22. The monoisotopic (exact) mass is 740 g/mol. The summed E-state index contributed by atoms with van der Waals surface area (Å²) in [6.45, 7) is 3.53. The summed E-state index contributed by atoms with van der Waals surface area (Å²) < 4.78 is 37.4. The van der Waals surface area contributed by atoms with Crippen LogP contribution in [-0.4, -0.2) is 62.5 Å². The predicted octanol–water partition coefficient (Wildman–Crippen LogP) is 10.3. The van der Waals surface area contributed by atoms with Crippen molar-refractivity contribution in [2.45, 2.75) is 95.5 Å². The molecular formula is C36H54Br2O6. The van der Waals surface area contributed by atoms with Gasteiger partial charge in [-0.05, 0) is 62.8 Å². The topological polar surface area (TPSA) is 55.4 Å². The minimum Gasteiger partial charge on any atom is -0.487 e. The van der Waals surface area contributed by atoms with E-state index in [0.717, 1.165) is 42.1 Å². The molecule has 0 spiro atoms. The molecule has 0 aliphatic carbocycles. The van der Waals surface area contributed by atoms with Gasteiger partial charge in [-0.2, -0.15) is 0 Å². The lowest BCUT2D eigenvalue weighted by Crippen LogP contribution is -2.42. The minimum atomic E-state index is -0.449. The Balaban J connectivity index is 1.80. The highest BCUT2D eigenvalue weighted by Gasteiger charge is 2.33. The van der Waals surface area contributed by atoms with Crippen molar-refractivity contribution < 1.29 is 28.4 Å². The molecule has 1 aliphatic heterocycles. The van der Waals surface area contributed by atoms with E-state index in [1.165, 1.54) is 64.2 Å². The van der Waals surface area contributed by atoms with Crippen LogP contribution in [0.1, 0.15) is 89.9 Å². The van der Waals surface area contributed by atoms with Crippen LogP contribution in [-0.2, 0) is 14.2 Å². The van der Waals surface area contributed by atoms with E-state index >= 15 is 0 Å². The van der Waals surface area contributed by atoms with E-state index in [-0.39, 0.29) is 0 Å². The molecule has 0 unspecified atom stereocenters. The van der Waals surface area contributed by atoms with Crippen molar-refractivity contribution >= 4 is 31.9 Å². The molecule has 0 fully saturated rings. The lowest BCUT2D eigenvalue weighted by Gasteiger charge is -2.35. The molecule has 2 aromatic carbocycles. The molecule has 44 heavy (non-hydrogen) atoms. The zero-order valence-corrected chi connectivity index (χ0v) is 29.8. The largest absolute Gasteiger partial charge is 0.487 e. The summed E-state index contributed by atoms with van der Waals surface area (Å²) >= 11 is 7.11. The molecule has 8 heteroatoms. The van der Waals surface area contributed by atoms with Gasteiger partial charge in [0.05, 0.1) is 39.6 Å². The number of para-hydroxylation sites is 4. The SMILES string of the molecule is BrCCCCCCCCC1(CCCCCCCCBr)COCCOCCOCCOc2ccccc2Oc2ccccc2O1. The number of hydrogen-bond acceptors (Lipinski definition) is 6. The van der Waals surface area contributed by atoms with Crippen LogP contribution >= 0.6 is 31.9 Å². The maximum absolute atomic E-state index is 7.07. The van der Waals surface area contributed by atoms with Gasteiger partial charge < -0.3 is 28.4 Å². The minimum absolute atomic E-state index is 0.428. The van der Waals surface area contributed by atoms with E-state index in [1.807, 2.05) is 48.5 Å². The first kappa shape index (κ1) is 37.1. The Morgan fingerprint density at radius 2 is 0.909 bits per heavy atom. The summed E-state index contributed by atoms with van der Waals surface area (Å²) in [5, 5.41) is 2.18. The van der Waals surface area contributed by atoms with Gasteiger partial charge in [0.15, 0.2) is 23.0 Å². The van der Waals surface area contributed by atoms with Crippen molar-refractivity contribution in [3.8, 4) is 23.0 Å². The third-order valence-electron chi connectivity index (χ3n) is 7.87. The molecule has 0 radical (unpaired) electrons. The average Bonchev–Trinajstić information content (AvgIpc) is 3.04. The normalized spacial score (nSPS) is 16.3. The fourth-order valence-electron chi connectivity index (χ4n) is 5.43. The number of hydrogen-bond donors (Lipinski definition) is 0. The summed E-state index contributed by atoms with van der Waals surface area (Å²) in [7, 11) is 0. The number of halogens is 2. The van der Waals surface area contributed by atoms with Gasteiger partial charge in [-0.15, -0.1) is 0 Å². The molecular weight excluding hydrogens is 688 g/mol. The number of unbranched alkanes of at least 4 members (excludes halogenated alkanes) is 10. The molecule has 2 aromatic rings. The van der Waals surface area contributed by atoms with E-state index in [9.17, 15) is 0 Å². The molecule has 1 heterocycles. The molecule has 3 rings (SSSR count). The Hall–Kier alpha value is -1.32. The van der Waals surface area contributed by atoms with E-state index < -0.39 is 5.60 Å². The van der Waals surface area contributed by atoms with Crippen LogP contribution in [0.15, 0.2) is 48.5 Å². The second-order valence-corrected chi connectivity index (χ2v) is 13.1. The highest BCUT2D eigenvalue weighted by atomic mass is 79.9. The highest BCUT2D eigenvalue weighted by molar-refractivity contribution is 9.09. The van der Waals surface area contributed by atoms with Gasteiger partial charge in [-0.1, -0.05) is 107 Å². The van der Waals surface area contributed by atoms with E-state index in [1.54, 1.807) is 0 Å². The zero-order chi connectivity index (χ0) is 31.0. The number of ether oxygens (including phenoxy) is 6. The molecule has 1 aliphatic rings. The maximum Gasteiger partial charge on any atom is 0.169 e. The quantitative estimate of drug-likeness (QED) is 0.126. The molecule has 0 saturated carbocycles. The lowest BCUT2D eigenvalue weighted by atomic mass is 9.89. The molecule has 248 valence electrons. The van der Waals surface area contributed by atoms with Gasteiger partial charge in [-0.3, -0.25) is 0 Å². The van der Waals surface area contributed by atoms with Crippen molar-refractivity contribution in [2.24, 2.45) is 0 Å². The van der Waals surface area contributed by atoms with Crippen LogP contribution in [0.25, 0.3) is 0 Å². The predicted molar refractivity (Wildman–Crippen MR) is 186 cm³/mol. The first-order chi connectivity index (χ1) is 21.8. The number of alkyl halides is 2. The third kappa shape index (κ3) is 15.3. The lowest BCUT2D eigenvalue weighted by molar-refractivity contribution is -0.0580. The molecule has 6 nitrogen and oxygen atoms in total. The maximum atomic E-state index is 7.07.